The van der Waals surface area contributed by atoms with Crippen molar-refractivity contribution in [1.29, 1.82) is 0 Å². The molecule has 4 unspecified atom stereocenters. The maximum atomic E-state index is 13.0. The van der Waals surface area contributed by atoms with E-state index in [1.165, 1.54) is 5.57 Å². The zero-order chi connectivity index (χ0) is 19.9. The minimum absolute atomic E-state index is 0.188. The fraction of sp³-hybridized carbons (Fsp3) is 0.500. The maximum Gasteiger partial charge on any atom is 0.405 e. The van der Waals surface area contributed by atoms with Gasteiger partial charge in [0.25, 0.3) is 5.91 Å². The molecule has 8 heteroatoms. The Morgan fingerprint density at radius 1 is 1.36 bits per heavy atom. The number of carbonyl (C=O) groups excluding carboxylic acids is 2. The van der Waals surface area contributed by atoms with Gasteiger partial charge in [0, 0.05) is 18.4 Å². The molecule has 2 fully saturated rings. The molecular weight excluding hydrogens is 362 g/mol. The van der Waals surface area contributed by atoms with Crippen LogP contribution in [0.25, 0.3) is 0 Å². The maximum absolute atomic E-state index is 13.0. The van der Waals surface area contributed by atoms with Gasteiger partial charge in [0.1, 0.15) is 0 Å². The molecule has 0 aromatic heterocycles. The van der Waals surface area contributed by atoms with Gasteiger partial charge < -0.3 is 4.74 Å². The molecule has 2 aliphatic heterocycles. The van der Waals surface area contributed by atoms with Gasteiger partial charge in [0.2, 0.25) is 0 Å². The van der Waals surface area contributed by atoms with Gasteiger partial charge in [-0.1, -0.05) is 55.4 Å². The second-order valence-electron chi connectivity index (χ2n) is 7.61. The number of allylic oxidation sites excluding steroid dienone is 6. The van der Waals surface area contributed by atoms with Crippen LogP contribution in [0.5, 0.6) is 0 Å². The van der Waals surface area contributed by atoms with Gasteiger partial charge >= 0.3 is 12.1 Å². The van der Waals surface area contributed by atoms with Crippen molar-refractivity contribution >= 4 is 11.9 Å². The van der Waals surface area contributed by atoms with Crippen LogP contribution >= 0.6 is 0 Å². The smallest absolute Gasteiger partial charge is 0.405 e. The van der Waals surface area contributed by atoms with Gasteiger partial charge in [-0.2, -0.15) is 0 Å². The number of ether oxygens (including phenoxy) is 1. The van der Waals surface area contributed by atoms with E-state index in [0.717, 1.165) is 16.9 Å². The highest BCUT2D eigenvalue weighted by atomic mass is 16.6. The Morgan fingerprint density at radius 2 is 2.18 bits per heavy atom. The second kappa shape index (κ2) is 7.01. The highest BCUT2D eigenvalue weighted by Gasteiger charge is 2.54. The number of carbonyl (C=O) groups is 2. The fourth-order valence-electron chi connectivity index (χ4n) is 4.61. The number of hydrogen-bond donors (Lipinski definition) is 1. The average molecular weight is 385 g/mol. The van der Waals surface area contributed by atoms with Crippen molar-refractivity contribution < 1.29 is 19.2 Å². The molecule has 2 saturated heterocycles. The number of morpholine rings is 1. The number of cyclic esters (lactones) is 1. The third-order valence-electron chi connectivity index (χ3n) is 6.02. The Hall–Kier alpha value is -2.74. The number of amides is 1. The van der Waals surface area contributed by atoms with Crippen molar-refractivity contribution in [2.75, 3.05) is 6.54 Å². The molecule has 2 heterocycles. The molecule has 2 aliphatic carbocycles. The number of piperidine rings is 1. The number of nitro groups is 1. The lowest BCUT2D eigenvalue weighted by Crippen LogP contribution is -2.67. The molecule has 4 atom stereocenters. The summed E-state index contributed by atoms with van der Waals surface area (Å²) in [4.78, 5) is 37.2. The standard InChI is InChI=1S/C20H23N3O5/c1-2-6-15-18(24)22(17(23(26)27)19(25)28-15)16-11-14-9-5-8-13-7-3-4-10-20(13,14)12-21-16/h3-5,7-9,15-17,21H,2,6,10-12H2,1H3. The van der Waals surface area contributed by atoms with Crippen LogP contribution in [0, 0.1) is 15.5 Å². The molecule has 1 spiro atoms. The topological polar surface area (TPSA) is 102 Å². The predicted octanol–water partition coefficient (Wildman–Crippen LogP) is 1.83. The molecule has 0 bridgehead atoms. The van der Waals surface area contributed by atoms with Gasteiger partial charge in [-0.15, -0.1) is 0 Å². The third kappa shape index (κ3) is 2.79. The van der Waals surface area contributed by atoms with Crippen molar-refractivity contribution in [3.63, 3.8) is 0 Å². The predicted molar refractivity (Wildman–Crippen MR) is 100 cm³/mol. The Bertz CT molecular complexity index is 843. The first-order valence-corrected chi connectivity index (χ1v) is 9.62. The van der Waals surface area contributed by atoms with E-state index in [9.17, 15) is 19.7 Å². The van der Waals surface area contributed by atoms with Crippen LogP contribution in [0.4, 0.5) is 0 Å². The van der Waals surface area contributed by atoms with Crippen molar-refractivity contribution in [3.05, 3.63) is 57.7 Å². The summed E-state index contributed by atoms with van der Waals surface area (Å²) < 4.78 is 5.08. The molecule has 1 amide bonds. The highest BCUT2D eigenvalue weighted by Crippen LogP contribution is 2.48. The average Bonchev–Trinajstić information content (AvgIpc) is 2.68. The van der Waals surface area contributed by atoms with E-state index in [1.54, 1.807) is 0 Å². The number of rotatable bonds is 4. The first-order chi connectivity index (χ1) is 13.5. The van der Waals surface area contributed by atoms with Gasteiger partial charge in [-0.3, -0.25) is 25.1 Å². The lowest BCUT2D eigenvalue weighted by Gasteiger charge is -2.49. The van der Waals surface area contributed by atoms with E-state index >= 15 is 0 Å². The summed E-state index contributed by atoms with van der Waals surface area (Å²) in [5, 5.41) is 14.9. The summed E-state index contributed by atoms with van der Waals surface area (Å²) >= 11 is 0. The largest absolute Gasteiger partial charge is 0.446 e. The number of nitrogens with one attached hydrogen (secondary N) is 1. The molecule has 0 radical (unpaired) electrons. The lowest BCUT2D eigenvalue weighted by molar-refractivity contribution is -0.538. The molecule has 4 aliphatic rings. The van der Waals surface area contributed by atoms with Crippen molar-refractivity contribution in [3.8, 4) is 0 Å². The molecule has 148 valence electrons. The molecule has 28 heavy (non-hydrogen) atoms. The summed E-state index contributed by atoms with van der Waals surface area (Å²) in [6.07, 6.45) is 11.2. The highest BCUT2D eigenvalue weighted by molar-refractivity contribution is 5.92. The molecule has 0 saturated carbocycles. The lowest BCUT2D eigenvalue weighted by atomic mass is 9.64. The summed E-state index contributed by atoms with van der Waals surface area (Å²) in [6.45, 7) is 2.42. The first-order valence-electron chi connectivity index (χ1n) is 9.62. The Balaban J connectivity index is 1.65. The molecule has 0 aromatic carbocycles. The summed E-state index contributed by atoms with van der Waals surface area (Å²) in [7, 11) is 0. The molecule has 8 nitrogen and oxygen atoms in total. The van der Waals surface area contributed by atoms with Gasteiger partial charge in [0.05, 0.1) is 11.1 Å². The second-order valence-corrected chi connectivity index (χ2v) is 7.61. The summed E-state index contributed by atoms with van der Waals surface area (Å²) in [6, 6.07) is 0. The van der Waals surface area contributed by atoms with E-state index in [-0.39, 0.29) is 5.41 Å². The van der Waals surface area contributed by atoms with E-state index < -0.39 is 35.2 Å². The summed E-state index contributed by atoms with van der Waals surface area (Å²) in [5.74, 6) is -1.47. The zero-order valence-corrected chi connectivity index (χ0v) is 15.7. The van der Waals surface area contributed by atoms with Crippen LogP contribution in [0.15, 0.2) is 47.6 Å². The van der Waals surface area contributed by atoms with Crippen LogP contribution in [-0.4, -0.2) is 46.7 Å². The van der Waals surface area contributed by atoms with Crippen molar-refractivity contribution in [1.82, 2.24) is 10.2 Å². The Labute approximate surface area is 162 Å². The third-order valence-corrected chi connectivity index (χ3v) is 6.02. The van der Waals surface area contributed by atoms with Gasteiger partial charge in [0.15, 0.2) is 6.10 Å². The van der Waals surface area contributed by atoms with Crippen LogP contribution < -0.4 is 5.32 Å². The quantitative estimate of drug-likeness (QED) is 0.450. The van der Waals surface area contributed by atoms with Crippen LogP contribution in [-0.2, 0) is 14.3 Å². The van der Waals surface area contributed by atoms with E-state index in [1.807, 2.05) is 25.2 Å². The van der Waals surface area contributed by atoms with Crippen LogP contribution in [0.2, 0.25) is 0 Å². The van der Waals surface area contributed by atoms with Crippen LogP contribution in [0.3, 0.4) is 0 Å². The molecule has 1 N–H and O–H groups in total. The SMILES string of the molecule is CCCC1OC(=O)C([N+](=O)[O-])N(C2CC3=CC=CC4=CC=CCC43CN2)C1=O. The zero-order valence-electron chi connectivity index (χ0n) is 15.7. The monoisotopic (exact) mass is 385 g/mol. The Morgan fingerprint density at radius 3 is 2.93 bits per heavy atom. The molecular formula is C20H23N3O5. The molecule has 4 rings (SSSR count). The minimum atomic E-state index is -1.81. The number of hydrogen-bond acceptors (Lipinski definition) is 6. The molecule has 0 aromatic rings. The van der Waals surface area contributed by atoms with Crippen molar-refractivity contribution in [2.24, 2.45) is 5.41 Å². The first kappa shape index (κ1) is 18.6. The van der Waals surface area contributed by atoms with Gasteiger partial charge in [-0.05, 0) is 18.4 Å². The minimum Gasteiger partial charge on any atom is -0.446 e. The van der Waals surface area contributed by atoms with E-state index in [2.05, 4.69) is 23.5 Å². The Kier molecular flexibility index (Phi) is 4.66. The van der Waals surface area contributed by atoms with Gasteiger partial charge in [-0.25, -0.2) is 4.79 Å². The number of nitrogens with zero attached hydrogens (tertiary/aromatic N) is 2. The van der Waals surface area contributed by atoms with Crippen molar-refractivity contribution in [2.45, 2.75) is 51.0 Å². The van der Waals surface area contributed by atoms with E-state index in [4.69, 9.17) is 4.74 Å². The summed E-state index contributed by atoms with van der Waals surface area (Å²) in [5.41, 5.74) is 2.12. The van der Waals surface area contributed by atoms with Crippen LogP contribution in [0.1, 0.15) is 32.6 Å². The number of esters is 1. The van der Waals surface area contributed by atoms with E-state index in [0.29, 0.717) is 25.8 Å². The fourth-order valence-corrected chi connectivity index (χ4v) is 4.61. The normalized spacial score (nSPS) is 34.2.